The largest absolute Gasteiger partial charge is 0.465 e. The van der Waals surface area contributed by atoms with Crippen LogP contribution in [0, 0.1) is 18.3 Å². The van der Waals surface area contributed by atoms with Crippen LogP contribution < -0.4 is 5.32 Å². The number of ether oxygens (including phenoxy) is 2. The van der Waals surface area contributed by atoms with Crippen molar-refractivity contribution in [1.82, 2.24) is 4.98 Å². The highest BCUT2D eigenvalue weighted by atomic mass is 32.1. The van der Waals surface area contributed by atoms with Gasteiger partial charge in [-0.25, -0.2) is 9.59 Å². The third-order valence-electron chi connectivity index (χ3n) is 5.70. The second-order valence-electron chi connectivity index (χ2n) is 7.74. The average molecular weight is 458 g/mol. The number of amides is 1. The van der Waals surface area contributed by atoms with E-state index in [-0.39, 0.29) is 5.69 Å². The summed E-state index contributed by atoms with van der Waals surface area (Å²) in [5.41, 5.74) is 2.94. The molecule has 3 rings (SSSR count). The number of aromatic nitrogens is 1. The molecule has 1 amide bonds. The number of anilines is 1. The summed E-state index contributed by atoms with van der Waals surface area (Å²) >= 11 is 1.42. The van der Waals surface area contributed by atoms with Gasteiger partial charge in [-0.3, -0.25) is 4.79 Å². The van der Waals surface area contributed by atoms with E-state index in [1.807, 2.05) is 6.92 Å². The zero-order valence-electron chi connectivity index (χ0n) is 18.7. The molecule has 1 atom stereocenters. The van der Waals surface area contributed by atoms with Gasteiger partial charge in [-0.2, -0.15) is 5.26 Å². The van der Waals surface area contributed by atoms with E-state index in [1.165, 1.54) is 25.4 Å². The molecule has 0 radical (unpaired) electrons. The zero-order chi connectivity index (χ0) is 23.4. The lowest BCUT2D eigenvalue weighted by atomic mass is 10.1. The maximum Gasteiger partial charge on any atom is 0.355 e. The lowest BCUT2D eigenvalue weighted by Crippen LogP contribution is -2.30. The minimum absolute atomic E-state index is 0.113. The third-order valence-corrected chi connectivity index (χ3v) is 6.90. The van der Waals surface area contributed by atoms with Crippen LogP contribution in [0.1, 0.15) is 81.2 Å². The molecular weight excluding hydrogens is 430 g/mol. The fraction of sp³-hybridized carbons (Fsp3) is 0.478. The Morgan fingerprint density at radius 1 is 1.22 bits per heavy atom. The van der Waals surface area contributed by atoms with Gasteiger partial charge >= 0.3 is 11.9 Å². The van der Waals surface area contributed by atoms with Crippen molar-refractivity contribution in [2.75, 3.05) is 12.4 Å². The summed E-state index contributed by atoms with van der Waals surface area (Å²) in [6.07, 6.45) is 4.38. The molecule has 9 heteroatoms. The number of nitriles is 1. The molecule has 2 N–H and O–H groups in total. The quantitative estimate of drug-likeness (QED) is 0.498. The van der Waals surface area contributed by atoms with Gasteiger partial charge in [0.15, 0.2) is 6.10 Å². The van der Waals surface area contributed by atoms with Gasteiger partial charge in [0.05, 0.1) is 18.2 Å². The van der Waals surface area contributed by atoms with Crippen molar-refractivity contribution < 1.29 is 23.9 Å². The Morgan fingerprint density at radius 2 is 1.94 bits per heavy atom. The van der Waals surface area contributed by atoms with E-state index in [2.05, 4.69) is 16.4 Å². The van der Waals surface area contributed by atoms with E-state index in [4.69, 9.17) is 9.47 Å². The number of carbonyl (C=O) groups excluding carboxylic acids is 3. The number of aromatic amines is 1. The molecule has 0 aromatic carbocycles. The molecule has 0 spiro atoms. The molecule has 170 valence electrons. The number of nitrogens with zero attached hydrogens (tertiary/aromatic N) is 1. The van der Waals surface area contributed by atoms with Crippen LogP contribution in [0.4, 0.5) is 5.00 Å². The summed E-state index contributed by atoms with van der Waals surface area (Å²) < 4.78 is 10.2. The smallest absolute Gasteiger partial charge is 0.355 e. The van der Waals surface area contributed by atoms with Gasteiger partial charge in [0.1, 0.15) is 16.8 Å². The van der Waals surface area contributed by atoms with Gasteiger partial charge in [0, 0.05) is 10.6 Å². The van der Waals surface area contributed by atoms with Crippen LogP contribution in [0.2, 0.25) is 0 Å². The predicted molar refractivity (Wildman–Crippen MR) is 120 cm³/mol. The number of fused-ring (bicyclic) bond motifs is 1. The van der Waals surface area contributed by atoms with Crippen molar-refractivity contribution in [1.29, 1.82) is 5.26 Å². The SMILES string of the molecule is CCc1[nH]c(C(=O)OC(C)C(=O)Nc2sc3c(c2C#N)CCCCC3)c(C)c1C(=O)OC. The summed E-state index contributed by atoms with van der Waals surface area (Å²) in [6.45, 7) is 4.94. The van der Waals surface area contributed by atoms with E-state index in [0.29, 0.717) is 33.8 Å². The monoisotopic (exact) mass is 457 g/mol. The van der Waals surface area contributed by atoms with E-state index < -0.39 is 23.9 Å². The second-order valence-corrected chi connectivity index (χ2v) is 8.85. The molecule has 0 bridgehead atoms. The molecule has 0 saturated carbocycles. The van der Waals surface area contributed by atoms with E-state index >= 15 is 0 Å². The number of aryl methyl sites for hydroxylation is 2. The number of H-pyrrole nitrogens is 1. The Balaban J connectivity index is 1.74. The number of rotatable bonds is 6. The maximum atomic E-state index is 12.7. The van der Waals surface area contributed by atoms with Crippen molar-refractivity contribution in [3.63, 3.8) is 0 Å². The van der Waals surface area contributed by atoms with Crippen molar-refractivity contribution in [3.8, 4) is 6.07 Å². The Hall–Kier alpha value is -3.12. The van der Waals surface area contributed by atoms with Crippen LogP contribution in [-0.4, -0.2) is 36.0 Å². The molecule has 8 nitrogen and oxygen atoms in total. The molecule has 2 heterocycles. The van der Waals surface area contributed by atoms with Gasteiger partial charge in [0.2, 0.25) is 0 Å². The molecule has 32 heavy (non-hydrogen) atoms. The normalized spacial score (nSPS) is 14.0. The number of carbonyl (C=O) groups is 3. The molecule has 1 unspecified atom stereocenters. The minimum atomic E-state index is -1.09. The summed E-state index contributed by atoms with van der Waals surface area (Å²) in [4.78, 5) is 41.6. The Labute approximate surface area is 190 Å². The average Bonchev–Trinajstić information content (AvgIpc) is 3.19. The number of methoxy groups -OCH3 is 1. The molecule has 0 fully saturated rings. The maximum absolute atomic E-state index is 12.7. The van der Waals surface area contributed by atoms with Gasteiger partial charge in [-0.05, 0) is 57.1 Å². The molecular formula is C23H27N3O5S. The number of hydrogen-bond donors (Lipinski definition) is 2. The summed E-state index contributed by atoms with van der Waals surface area (Å²) in [7, 11) is 1.28. The van der Waals surface area contributed by atoms with Gasteiger partial charge in [0.25, 0.3) is 5.91 Å². The summed E-state index contributed by atoms with van der Waals surface area (Å²) in [5, 5.41) is 12.9. The van der Waals surface area contributed by atoms with Crippen LogP contribution in [0.25, 0.3) is 0 Å². The van der Waals surface area contributed by atoms with E-state index in [9.17, 15) is 19.6 Å². The standard InChI is InChI=1S/C23H27N3O5S/c1-5-16-18(22(28)30-4)12(2)19(25-16)23(29)31-13(3)20(27)26-21-15(11-24)14-9-7-6-8-10-17(14)32-21/h13,25H,5-10H2,1-4H3,(H,26,27). The Kier molecular flexibility index (Phi) is 7.36. The predicted octanol–water partition coefficient (Wildman–Crippen LogP) is 4.06. The van der Waals surface area contributed by atoms with E-state index in [1.54, 1.807) is 6.92 Å². The van der Waals surface area contributed by atoms with Crippen molar-refractivity contribution in [2.45, 2.75) is 65.4 Å². The van der Waals surface area contributed by atoms with Crippen LogP contribution >= 0.6 is 11.3 Å². The first kappa shape index (κ1) is 23.5. The first-order valence-electron chi connectivity index (χ1n) is 10.7. The topological polar surface area (TPSA) is 121 Å². The minimum Gasteiger partial charge on any atom is -0.465 e. The van der Waals surface area contributed by atoms with Crippen LogP contribution in [0.5, 0.6) is 0 Å². The van der Waals surface area contributed by atoms with Crippen LogP contribution in [0.3, 0.4) is 0 Å². The molecule has 0 aliphatic heterocycles. The Morgan fingerprint density at radius 3 is 2.59 bits per heavy atom. The van der Waals surface area contributed by atoms with Crippen molar-refractivity contribution >= 4 is 34.2 Å². The van der Waals surface area contributed by atoms with Gasteiger partial charge < -0.3 is 19.8 Å². The fourth-order valence-corrected chi connectivity index (χ4v) is 5.18. The van der Waals surface area contributed by atoms with Gasteiger partial charge in [-0.15, -0.1) is 11.3 Å². The molecule has 1 aliphatic rings. The number of hydrogen-bond acceptors (Lipinski definition) is 7. The van der Waals surface area contributed by atoms with E-state index in [0.717, 1.165) is 42.5 Å². The van der Waals surface area contributed by atoms with Crippen molar-refractivity contribution in [3.05, 3.63) is 38.5 Å². The van der Waals surface area contributed by atoms with Crippen LogP contribution in [-0.2, 0) is 33.5 Å². The highest BCUT2D eigenvalue weighted by Crippen LogP contribution is 2.37. The highest BCUT2D eigenvalue weighted by molar-refractivity contribution is 7.16. The zero-order valence-corrected chi connectivity index (χ0v) is 19.5. The lowest BCUT2D eigenvalue weighted by molar-refractivity contribution is -0.123. The number of thiophene rings is 1. The number of esters is 2. The van der Waals surface area contributed by atoms with Crippen LogP contribution in [0.15, 0.2) is 0 Å². The molecule has 2 aromatic heterocycles. The summed E-state index contributed by atoms with van der Waals surface area (Å²) in [6, 6.07) is 2.22. The first-order chi connectivity index (χ1) is 15.3. The van der Waals surface area contributed by atoms with Gasteiger partial charge in [-0.1, -0.05) is 13.3 Å². The first-order valence-corrected chi connectivity index (χ1v) is 11.5. The summed E-state index contributed by atoms with van der Waals surface area (Å²) in [5.74, 6) is -1.79. The third kappa shape index (κ3) is 4.55. The lowest BCUT2D eigenvalue weighted by Gasteiger charge is -2.13. The number of nitrogens with one attached hydrogen (secondary N) is 2. The van der Waals surface area contributed by atoms with Crippen molar-refractivity contribution in [2.24, 2.45) is 0 Å². The molecule has 1 aliphatic carbocycles. The fourth-order valence-electron chi connectivity index (χ4n) is 3.94. The molecule has 0 saturated heterocycles. The Bertz CT molecular complexity index is 1090. The highest BCUT2D eigenvalue weighted by Gasteiger charge is 2.28. The molecule has 2 aromatic rings. The second kappa shape index (κ2) is 10.0.